The summed E-state index contributed by atoms with van der Waals surface area (Å²) in [4.78, 5) is 26.3. The van der Waals surface area contributed by atoms with Gasteiger partial charge in [-0.3, -0.25) is 4.31 Å². The number of anilines is 3. The van der Waals surface area contributed by atoms with Crippen LogP contribution in [0.1, 0.15) is 16.2 Å². The third-order valence-corrected chi connectivity index (χ3v) is 6.13. The van der Waals surface area contributed by atoms with Crippen LogP contribution in [0.25, 0.3) is 0 Å². The zero-order valence-corrected chi connectivity index (χ0v) is 18.1. The Balaban J connectivity index is 1.86. The molecule has 0 aliphatic rings. The summed E-state index contributed by atoms with van der Waals surface area (Å²) >= 11 is 0. The van der Waals surface area contributed by atoms with Gasteiger partial charge < -0.3 is 15.4 Å². The molecule has 3 aromatic rings. The van der Waals surface area contributed by atoms with Gasteiger partial charge in [-0.05, 0) is 24.3 Å². The van der Waals surface area contributed by atoms with Gasteiger partial charge >= 0.3 is 5.97 Å². The standard InChI is InChI=1S/C20H22N6O4S/c1-25(2)20-23-17(22-19(21)24-20)13-30-18(27)15-11-7-8-12-16(15)31(28,29)26(3)14-9-5-4-6-10-14/h4-12H,13H2,1-3H3,(H2,21,22,23,24). The summed E-state index contributed by atoms with van der Waals surface area (Å²) in [5, 5.41) is 0. The molecule has 1 aromatic heterocycles. The molecule has 0 saturated heterocycles. The van der Waals surface area contributed by atoms with Gasteiger partial charge in [0.1, 0.15) is 4.90 Å². The second-order valence-electron chi connectivity index (χ2n) is 6.68. The van der Waals surface area contributed by atoms with Gasteiger partial charge in [0.15, 0.2) is 12.4 Å². The van der Waals surface area contributed by atoms with Gasteiger partial charge in [-0.2, -0.15) is 15.0 Å². The highest BCUT2D eigenvalue weighted by molar-refractivity contribution is 7.92. The fourth-order valence-corrected chi connectivity index (χ4v) is 4.06. The van der Waals surface area contributed by atoms with Crippen molar-refractivity contribution in [3.05, 3.63) is 66.0 Å². The van der Waals surface area contributed by atoms with E-state index in [9.17, 15) is 13.2 Å². The highest BCUT2D eigenvalue weighted by atomic mass is 32.2. The van der Waals surface area contributed by atoms with E-state index in [4.69, 9.17) is 10.5 Å². The van der Waals surface area contributed by atoms with E-state index >= 15 is 0 Å². The summed E-state index contributed by atoms with van der Waals surface area (Å²) in [7, 11) is 0.871. The van der Waals surface area contributed by atoms with Crippen molar-refractivity contribution in [2.75, 3.05) is 36.1 Å². The first-order valence-electron chi connectivity index (χ1n) is 9.18. The Morgan fingerprint density at radius 1 is 0.968 bits per heavy atom. The summed E-state index contributed by atoms with van der Waals surface area (Å²) in [6.45, 7) is -0.296. The van der Waals surface area contributed by atoms with Crippen LogP contribution >= 0.6 is 0 Å². The molecule has 0 bridgehead atoms. The first-order valence-corrected chi connectivity index (χ1v) is 10.6. The number of carbonyl (C=O) groups is 1. The molecule has 162 valence electrons. The van der Waals surface area contributed by atoms with Crippen LogP contribution in [0.5, 0.6) is 0 Å². The van der Waals surface area contributed by atoms with Gasteiger partial charge in [0, 0.05) is 21.1 Å². The highest BCUT2D eigenvalue weighted by Gasteiger charge is 2.27. The SMILES string of the molecule is CN(C)c1nc(N)nc(COC(=O)c2ccccc2S(=O)(=O)N(C)c2ccccc2)n1. The summed E-state index contributed by atoms with van der Waals surface area (Å²) < 4.78 is 32.7. The van der Waals surface area contributed by atoms with Crippen molar-refractivity contribution in [1.82, 2.24) is 15.0 Å². The number of nitrogen functional groups attached to an aromatic ring is 1. The van der Waals surface area contributed by atoms with Gasteiger partial charge in [0.25, 0.3) is 10.0 Å². The van der Waals surface area contributed by atoms with Crippen LogP contribution in [-0.4, -0.2) is 50.5 Å². The van der Waals surface area contributed by atoms with E-state index in [1.54, 1.807) is 61.5 Å². The Labute approximate surface area is 180 Å². The molecular weight excluding hydrogens is 420 g/mol. The third kappa shape index (κ3) is 4.89. The number of sulfonamides is 1. The van der Waals surface area contributed by atoms with Crippen LogP contribution < -0.4 is 14.9 Å². The average Bonchev–Trinajstić information content (AvgIpc) is 2.77. The number of aromatic nitrogens is 3. The van der Waals surface area contributed by atoms with E-state index in [1.165, 1.54) is 19.2 Å². The first-order chi connectivity index (χ1) is 14.7. The van der Waals surface area contributed by atoms with Crippen LogP contribution in [-0.2, 0) is 21.4 Å². The number of hydrogen-bond donors (Lipinski definition) is 1. The summed E-state index contributed by atoms with van der Waals surface area (Å²) in [6, 6.07) is 14.4. The lowest BCUT2D eigenvalue weighted by atomic mass is 10.2. The zero-order valence-electron chi connectivity index (χ0n) is 17.3. The number of esters is 1. The highest BCUT2D eigenvalue weighted by Crippen LogP contribution is 2.25. The lowest BCUT2D eigenvalue weighted by molar-refractivity contribution is 0.0457. The quantitative estimate of drug-likeness (QED) is 0.543. The molecule has 11 heteroatoms. The van der Waals surface area contributed by atoms with Gasteiger partial charge in [-0.15, -0.1) is 0 Å². The molecule has 3 rings (SSSR count). The molecule has 2 N–H and O–H groups in total. The lowest BCUT2D eigenvalue weighted by Gasteiger charge is -2.20. The Morgan fingerprint density at radius 2 is 1.61 bits per heavy atom. The summed E-state index contributed by atoms with van der Waals surface area (Å²) in [6.07, 6.45) is 0. The Kier molecular flexibility index (Phi) is 6.35. The molecule has 0 amide bonds. The molecule has 0 unspecified atom stereocenters. The molecule has 31 heavy (non-hydrogen) atoms. The molecule has 0 aliphatic heterocycles. The molecule has 0 radical (unpaired) electrons. The number of hydrogen-bond acceptors (Lipinski definition) is 9. The van der Waals surface area contributed by atoms with E-state index in [-0.39, 0.29) is 28.8 Å². The fourth-order valence-electron chi connectivity index (χ4n) is 2.68. The zero-order chi connectivity index (χ0) is 22.6. The van der Waals surface area contributed by atoms with E-state index in [0.717, 1.165) is 4.31 Å². The minimum Gasteiger partial charge on any atom is -0.454 e. The molecule has 0 fully saturated rings. The molecular formula is C20H22N6O4S. The van der Waals surface area contributed by atoms with Crippen molar-refractivity contribution >= 4 is 33.6 Å². The lowest BCUT2D eigenvalue weighted by Crippen LogP contribution is -2.28. The molecule has 0 aliphatic carbocycles. The monoisotopic (exact) mass is 442 g/mol. The van der Waals surface area contributed by atoms with E-state index in [1.807, 2.05) is 0 Å². The Morgan fingerprint density at radius 3 is 2.29 bits per heavy atom. The Hall–Kier alpha value is -3.73. The van der Waals surface area contributed by atoms with Gasteiger partial charge in [0.05, 0.1) is 11.3 Å². The van der Waals surface area contributed by atoms with Crippen molar-refractivity contribution in [1.29, 1.82) is 0 Å². The number of carbonyl (C=O) groups excluding carboxylic acids is 1. The Bertz CT molecular complexity index is 1190. The maximum Gasteiger partial charge on any atom is 0.339 e. The molecule has 1 heterocycles. The van der Waals surface area contributed by atoms with Crippen LogP contribution in [0.15, 0.2) is 59.5 Å². The van der Waals surface area contributed by atoms with E-state index < -0.39 is 16.0 Å². The number of nitrogens with zero attached hydrogens (tertiary/aromatic N) is 5. The van der Waals surface area contributed by atoms with Crippen molar-refractivity contribution in [3.8, 4) is 0 Å². The number of ether oxygens (including phenoxy) is 1. The topological polar surface area (TPSA) is 132 Å². The molecule has 0 atom stereocenters. The first kappa shape index (κ1) is 22.0. The summed E-state index contributed by atoms with van der Waals surface area (Å²) in [5.74, 6) is -0.388. The van der Waals surface area contributed by atoms with Crippen LogP contribution in [0.4, 0.5) is 17.6 Å². The molecule has 2 aromatic carbocycles. The fraction of sp³-hybridized carbons (Fsp3) is 0.200. The van der Waals surface area contributed by atoms with Crippen molar-refractivity contribution in [2.24, 2.45) is 0 Å². The maximum atomic E-state index is 13.2. The van der Waals surface area contributed by atoms with Crippen molar-refractivity contribution < 1.29 is 17.9 Å². The van der Waals surface area contributed by atoms with Crippen LogP contribution in [0.3, 0.4) is 0 Å². The molecule has 10 nitrogen and oxygen atoms in total. The maximum absolute atomic E-state index is 13.2. The smallest absolute Gasteiger partial charge is 0.339 e. The molecule has 0 spiro atoms. The van der Waals surface area contributed by atoms with Crippen LogP contribution in [0, 0.1) is 0 Å². The number of nitrogens with two attached hydrogens (primary N) is 1. The van der Waals surface area contributed by atoms with E-state index in [2.05, 4.69) is 15.0 Å². The predicted molar refractivity (Wildman–Crippen MR) is 116 cm³/mol. The normalized spacial score (nSPS) is 11.1. The second-order valence-corrected chi connectivity index (χ2v) is 8.62. The van der Waals surface area contributed by atoms with Gasteiger partial charge in [-0.1, -0.05) is 30.3 Å². The average molecular weight is 443 g/mol. The number of para-hydroxylation sites is 1. The summed E-state index contributed by atoms with van der Waals surface area (Å²) in [5.41, 5.74) is 6.03. The van der Waals surface area contributed by atoms with Crippen molar-refractivity contribution in [3.63, 3.8) is 0 Å². The largest absolute Gasteiger partial charge is 0.454 e. The molecule has 0 saturated carbocycles. The second kappa shape index (κ2) is 8.96. The van der Waals surface area contributed by atoms with Crippen LogP contribution in [0.2, 0.25) is 0 Å². The minimum atomic E-state index is -4.01. The van der Waals surface area contributed by atoms with Gasteiger partial charge in [-0.25, -0.2) is 13.2 Å². The minimum absolute atomic E-state index is 0.0165. The van der Waals surface area contributed by atoms with E-state index in [0.29, 0.717) is 11.6 Å². The number of benzene rings is 2. The van der Waals surface area contributed by atoms with Crippen molar-refractivity contribution in [2.45, 2.75) is 11.5 Å². The number of rotatable bonds is 7. The predicted octanol–water partition coefficient (Wildman–Crippen LogP) is 1.70. The third-order valence-electron chi connectivity index (χ3n) is 4.28. The van der Waals surface area contributed by atoms with Gasteiger partial charge in [0.2, 0.25) is 11.9 Å².